The fourth-order valence-corrected chi connectivity index (χ4v) is 2.02. The van der Waals surface area contributed by atoms with E-state index in [9.17, 15) is 29.1 Å². The second-order valence-corrected chi connectivity index (χ2v) is 6.16. The van der Waals surface area contributed by atoms with E-state index in [4.69, 9.17) is 26.8 Å². The molecule has 29 heavy (non-hydrogen) atoms. The number of carboxylic acids is 1. The van der Waals surface area contributed by atoms with Crippen molar-refractivity contribution in [3.63, 3.8) is 0 Å². The molecule has 0 aromatic heterocycles. The van der Waals surface area contributed by atoms with Gasteiger partial charge in [0, 0.05) is 6.42 Å². The van der Waals surface area contributed by atoms with Gasteiger partial charge < -0.3 is 47.8 Å². The second kappa shape index (κ2) is 12.6. The van der Waals surface area contributed by atoms with Crippen molar-refractivity contribution in [3.05, 3.63) is 0 Å². The number of carboxylic acid groups (broad SMARTS) is 1. The number of hydrogen-bond acceptors (Lipinski definition) is 9. The van der Waals surface area contributed by atoms with E-state index in [1.165, 1.54) is 0 Å². The number of amides is 4. The predicted octanol–water partition coefficient (Wildman–Crippen LogP) is -5.52. The molecule has 11 N–H and O–H groups in total. The number of aliphatic carboxylic acids is 1. The fourth-order valence-electron chi connectivity index (χ4n) is 2.02. The molecule has 0 aliphatic carbocycles. The van der Waals surface area contributed by atoms with Crippen LogP contribution < -0.4 is 27.4 Å². The van der Waals surface area contributed by atoms with Crippen molar-refractivity contribution in [2.75, 3.05) is 13.2 Å². The summed E-state index contributed by atoms with van der Waals surface area (Å²) in [7, 11) is 0. The van der Waals surface area contributed by atoms with Crippen LogP contribution in [0, 0.1) is 0 Å². The molecule has 0 spiro atoms. The molecule has 4 amide bonds. The first-order chi connectivity index (χ1) is 13.4. The molecule has 0 aliphatic heterocycles. The van der Waals surface area contributed by atoms with Crippen molar-refractivity contribution < 1.29 is 44.4 Å². The van der Waals surface area contributed by atoms with Crippen molar-refractivity contribution >= 4 is 29.6 Å². The highest BCUT2D eigenvalue weighted by Crippen LogP contribution is 2.02. The Bertz CT molecular complexity index is 613. The Hall–Kier alpha value is -2.81. The average molecular weight is 421 g/mol. The van der Waals surface area contributed by atoms with Gasteiger partial charge in [0.15, 0.2) is 0 Å². The highest BCUT2D eigenvalue weighted by atomic mass is 16.4. The van der Waals surface area contributed by atoms with E-state index in [1.54, 1.807) is 0 Å². The molecule has 0 fully saturated rings. The third-order valence-electron chi connectivity index (χ3n) is 3.71. The Balaban J connectivity index is 5.34. The zero-order chi connectivity index (χ0) is 22.7. The summed E-state index contributed by atoms with van der Waals surface area (Å²) in [4.78, 5) is 58.4. The van der Waals surface area contributed by atoms with Crippen molar-refractivity contribution in [1.82, 2.24) is 16.0 Å². The number of nitrogens with two attached hydrogens (primary N) is 2. The molecule has 14 heteroatoms. The zero-order valence-electron chi connectivity index (χ0n) is 15.7. The largest absolute Gasteiger partial charge is 0.480 e. The number of carbonyl (C=O) groups excluding carboxylic acids is 4. The number of nitrogens with one attached hydrogen (secondary N) is 3. The van der Waals surface area contributed by atoms with Crippen LogP contribution in [0.1, 0.15) is 19.8 Å². The fraction of sp³-hybridized carbons (Fsp3) is 0.667. The Labute approximate surface area is 165 Å². The summed E-state index contributed by atoms with van der Waals surface area (Å²) in [6, 6.07) is -6.06. The monoisotopic (exact) mass is 421 g/mol. The van der Waals surface area contributed by atoms with E-state index in [2.05, 4.69) is 10.6 Å². The van der Waals surface area contributed by atoms with Crippen LogP contribution in [0.5, 0.6) is 0 Å². The Kier molecular flexibility index (Phi) is 11.4. The molecule has 166 valence electrons. The minimum atomic E-state index is -1.67. The third-order valence-corrected chi connectivity index (χ3v) is 3.71. The molecule has 14 nitrogen and oxygen atoms in total. The summed E-state index contributed by atoms with van der Waals surface area (Å²) in [6.07, 6.45) is -2.07. The molecule has 0 bridgehead atoms. The minimum Gasteiger partial charge on any atom is -0.480 e. The Morgan fingerprint density at radius 3 is 1.86 bits per heavy atom. The molecular formula is C15H27N5O9. The maximum atomic E-state index is 12.5. The number of rotatable bonds is 13. The number of hydrogen-bond donors (Lipinski definition) is 9. The number of carbonyl (C=O) groups is 5. The van der Waals surface area contributed by atoms with Gasteiger partial charge in [0.1, 0.15) is 24.2 Å². The van der Waals surface area contributed by atoms with Crippen molar-refractivity contribution in [2.45, 2.75) is 50.0 Å². The van der Waals surface area contributed by atoms with E-state index in [1.807, 2.05) is 5.32 Å². The van der Waals surface area contributed by atoms with Gasteiger partial charge in [0.05, 0.1) is 19.3 Å². The van der Waals surface area contributed by atoms with Crippen LogP contribution in [-0.4, -0.2) is 93.5 Å². The first-order valence-electron chi connectivity index (χ1n) is 8.52. The number of aliphatic hydroxyl groups is 3. The third kappa shape index (κ3) is 9.29. The summed E-state index contributed by atoms with van der Waals surface area (Å²) in [5, 5.41) is 42.7. The molecule has 0 rings (SSSR count). The van der Waals surface area contributed by atoms with Gasteiger partial charge in [-0.1, -0.05) is 0 Å². The van der Waals surface area contributed by atoms with E-state index >= 15 is 0 Å². The maximum Gasteiger partial charge on any atom is 0.328 e. The quantitative estimate of drug-likeness (QED) is 0.136. The minimum absolute atomic E-state index is 0.270. The standard InChI is InChI=1S/C15H27N5O9/c1-6(23)11(14(27)19-9(5-22)15(28)29)20-13(26)8(2-3-10(17)24)18-12(25)7(16)4-21/h6-9,11,21-23H,2-5,16H2,1H3,(H2,17,24)(H,18,25)(H,19,27)(H,20,26)(H,28,29). The summed E-state index contributed by atoms with van der Waals surface area (Å²) in [5.41, 5.74) is 10.4. The van der Waals surface area contributed by atoms with Crippen LogP contribution in [0.25, 0.3) is 0 Å². The molecule has 5 unspecified atom stereocenters. The number of primary amides is 1. The van der Waals surface area contributed by atoms with Crippen LogP contribution >= 0.6 is 0 Å². The Morgan fingerprint density at radius 1 is 0.897 bits per heavy atom. The van der Waals surface area contributed by atoms with Crippen molar-refractivity contribution in [2.24, 2.45) is 11.5 Å². The lowest BCUT2D eigenvalue weighted by Gasteiger charge is -2.26. The number of aliphatic hydroxyl groups excluding tert-OH is 3. The van der Waals surface area contributed by atoms with Gasteiger partial charge in [-0.3, -0.25) is 19.2 Å². The smallest absolute Gasteiger partial charge is 0.328 e. The highest BCUT2D eigenvalue weighted by Gasteiger charge is 2.32. The average Bonchev–Trinajstić information content (AvgIpc) is 2.65. The van der Waals surface area contributed by atoms with E-state index in [0.717, 1.165) is 6.92 Å². The zero-order valence-corrected chi connectivity index (χ0v) is 15.7. The lowest BCUT2D eigenvalue weighted by molar-refractivity contribution is -0.144. The summed E-state index contributed by atoms with van der Waals surface area (Å²) >= 11 is 0. The van der Waals surface area contributed by atoms with Crippen LogP contribution in [0.3, 0.4) is 0 Å². The van der Waals surface area contributed by atoms with Gasteiger partial charge in [-0.25, -0.2) is 4.79 Å². The normalized spacial score (nSPS) is 15.9. The van der Waals surface area contributed by atoms with E-state index in [0.29, 0.717) is 0 Å². The summed E-state index contributed by atoms with van der Waals surface area (Å²) in [5.74, 6) is -5.34. The van der Waals surface area contributed by atoms with Gasteiger partial charge >= 0.3 is 5.97 Å². The topological polar surface area (TPSA) is 254 Å². The van der Waals surface area contributed by atoms with Crippen LogP contribution in [0.15, 0.2) is 0 Å². The molecule has 0 aromatic rings. The highest BCUT2D eigenvalue weighted by molar-refractivity contribution is 5.94. The van der Waals surface area contributed by atoms with Gasteiger partial charge in [-0.15, -0.1) is 0 Å². The maximum absolute atomic E-state index is 12.5. The lowest BCUT2D eigenvalue weighted by Crippen LogP contribution is -2.60. The van der Waals surface area contributed by atoms with Crippen LogP contribution in [-0.2, 0) is 24.0 Å². The molecule has 0 aliphatic rings. The summed E-state index contributed by atoms with van der Waals surface area (Å²) in [6.45, 7) is -0.512. The van der Waals surface area contributed by atoms with Crippen molar-refractivity contribution in [3.8, 4) is 0 Å². The van der Waals surface area contributed by atoms with Crippen molar-refractivity contribution in [1.29, 1.82) is 0 Å². The van der Waals surface area contributed by atoms with Gasteiger partial charge in [0.25, 0.3) is 0 Å². The molecule has 0 heterocycles. The lowest BCUT2D eigenvalue weighted by atomic mass is 10.1. The SMILES string of the molecule is CC(O)C(NC(=O)C(CCC(N)=O)NC(=O)C(N)CO)C(=O)NC(CO)C(=O)O. The second-order valence-electron chi connectivity index (χ2n) is 6.16. The summed E-state index contributed by atoms with van der Waals surface area (Å²) < 4.78 is 0. The van der Waals surface area contributed by atoms with E-state index in [-0.39, 0.29) is 12.8 Å². The van der Waals surface area contributed by atoms with E-state index < -0.39 is 73.1 Å². The molecule has 5 atom stereocenters. The molecule has 0 radical (unpaired) electrons. The Morgan fingerprint density at radius 2 is 1.45 bits per heavy atom. The van der Waals surface area contributed by atoms with Gasteiger partial charge in [-0.05, 0) is 13.3 Å². The van der Waals surface area contributed by atoms with Crippen LogP contribution in [0.2, 0.25) is 0 Å². The first-order valence-corrected chi connectivity index (χ1v) is 8.52. The molecule has 0 aromatic carbocycles. The first kappa shape index (κ1) is 26.2. The molecule has 0 saturated heterocycles. The molecular weight excluding hydrogens is 394 g/mol. The predicted molar refractivity (Wildman–Crippen MR) is 95.7 cm³/mol. The molecule has 0 saturated carbocycles. The van der Waals surface area contributed by atoms with Crippen LogP contribution in [0.4, 0.5) is 0 Å². The van der Waals surface area contributed by atoms with Gasteiger partial charge in [0.2, 0.25) is 23.6 Å². The van der Waals surface area contributed by atoms with Gasteiger partial charge in [-0.2, -0.15) is 0 Å².